The van der Waals surface area contributed by atoms with E-state index in [0.717, 1.165) is 25.1 Å². The van der Waals surface area contributed by atoms with Gasteiger partial charge in [0.1, 0.15) is 10.8 Å². The van der Waals surface area contributed by atoms with Gasteiger partial charge in [-0.25, -0.2) is 9.37 Å². The van der Waals surface area contributed by atoms with Gasteiger partial charge in [0, 0.05) is 24.9 Å². The number of halogens is 3. The van der Waals surface area contributed by atoms with Gasteiger partial charge in [-0.3, -0.25) is 0 Å². The lowest BCUT2D eigenvalue weighted by atomic mass is 10.1. The molecule has 3 rings (SSSR count). The van der Waals surface area contributed by atoms with Crippen LogP contribution in [-0.2, 0) is 0 Å². The molecule has 0 saturated heterocycles. The van der Waals surface area contributed by atoms with Crippen LogP contribution in [-0.4, -0.2) is 4.98 Å². The molecule has 1 aromatic heterocycles. The van der Waals surface area contributed by atoms with E-state index in [-0.39, 0.29) is 5.82 Å². The van der Waals surface area contributed by atoms with Crippen molar-refractivity contribution in [2.24, 2.45) is 0 Å². The van der Waals surface area contributed by atoms with E-state index < -0.39 is 0 Å². The lowest BCUT2D eigenvalue weighted by Crippen LogP contribution is -1.85. The van der Waals surface area contributed by atoms with Gasteiger partial charge in [0.25, 0.3) is 0 Å². The fraction of sp³-hybridized carbons (Fsp3) is 0.0625. The molecule has 5 heteroatoms. The second-order valence-electron chi connectivity index (χ2n) is 4.56. The average Bonchev–Trinajstić information content (AvgIpc) is 2.83. The molecule has 0 spiro atoms. The van der Waals surface area contributed by atoms with Crippen LogP contribution in [0.1, 0.15) is 4.88 Å². The van der Waals surface area contributed by atoms with Gasteiger partial charge in [0.15, 0.2) is 0 Å². The van der Waals surface area contributed by atoms with Crippen LogP contribution in [0.2, 0.25) is 0 Å². The van der Waals surface area contributed by atoms with E-state index in [2.05, 4.69) is 36.8 Å². The molecule has 0 aliphatic carbocycles. The van der Waals surface area contributed by atoms with Crippen LogP contribution in [0.5, 0.6) is 0 Å². The van der Waals surface area contributed by atoms with Crippen molar-refractivity contribution < 1.29 is 4.39 Å². The Balaban J connectivity index is 2.12. The molecule has 2 aromatic carbocycles. The fourth-order valence-corrected chi connectivity index (χ4v) is 3.79. The summed E-state index contributed by atoms with van der Waals surface area (Å²) in [4.78, 5) is 5.70. The van der Waals surface area contributed by atoms with Crippen LogP contribution < -0.4 is 0 Å². The van der Waals surface area contributed by atoms with Crippen molar-refractivity contribution in [2.45, 2.75) is 6.92 Å². The first-order valence-electron chi connectivity index (χ1n) is 6.23. The summed E-state index contributed by atoms with van der Waals surface area (Å²) in [6.07, 6.45) is 0. The number of aromatic nitrogens is 1. The van der Waals surface area contributed by atoms with Crippen LogP contribution in [0.25, 0.3) is 21.8 Å². The molecule has 0 amide bonds. The number of rotatable bonds is 2. The molecule has 0 aliphatic heterocycles. The minimum Gasteiger partial charge on any atom is -0.236 e. The lowest BCUT2D eigenvalue weighted by Gasteiger charge is -2.00. The molecule has 0 radical (unpaired) electrons. The number of hydrogen-bond donors (Lipinski definition) is 0. The Labute approximate surface area is 143 Å². The largest absolute Gasteiger partial charge is 0.236 e. The Morgan fingerprint density at radius 1 is 1.05 bits per heavy atom. The van der Waals surface area contributed by atoms with E-state index in [9.17, 15) is 4.39 Å². The number of thiazole rings is 1. The smallest absolute Gasteiger partial charge is 0.133 e. The Morgan fingerprint density at radius 2 is 1.81 bits per heavy atom. The molecule has 0 unspecified atom stereocenters. The van der Waals surface area contributed by atoms with Gasteiger partial charge >= 0.3 is 0 Å². The standard InChI is InChI=1S/C16H10Br2FNS/c1-9-15(10-3-2-4-11(17)7-10)20-16(21-9)13-8-12(18)5-6-14(13)19/h2-8H,1H3. The molecular weight excluding hydrogens is 417 g/mol. The normalized spacial score (nSPS) is 10.9. The first-order chi connectivity index (χ1) is 10.0. The van der Waals surface area contributed by atoms with E-state index in [1.54, 1.807) is 12.1 Å². The molecule has 1 nitrogen and oxygen atoms in total. The van der Waals surface area contributed by atoms with Crippen LogP contribution in [0.4, 0.5) is 4.39 Å². The summed E-state index contributed by atoms with van der Waals surface area (Å²) in [6.45, 7) is 2.01. The molecule has 0 saturated carbocycles. The second kappa shape index (κ2) is 5.99. The molecule has 3 aromatic rings. The van der Waals surface area contributed by atoms with Gasteiger partial charge in [0.2, 0.25) is 0 Å². The van der Waals surface area contributed by atoms with Crippen molar-refractivity contribution >= 4 is 43.2 Å². The Morgan fingerprint density at radius 3 is 2.57 bits per heavy atom. The number of hydrogen-bond acceptors (Lipinski definition) is 2. The summed E-state index contributed by atoms with van der Waals surface area (Å²) in [5, 5.41) is 0.696. The highest BCUT2D eigenvalue weighted by Crippen LogP contribution is 2.36. The average molecular weight is 427 g/mol. The summed E-state index contributed by atoms with van der Waals surface area (Å²) < 4.78 is 15.8. The van der Waals surface area contributed by atoms with Crippen molar-refractivity contribution in [3.8, 4) is 21.8 Å². The second-order valence-corrected chi connectivity index (χ2v) is 7.59. The van der Waals surface area contributed by atoms with Gasteiger partial charge in [-0.2, -0.15) is 0 Å². The zero-order chi connectivity index (χ0) is 15.0. The van der Waals surface area contributed by atoms with Crippen molar-refractivity contribution in [1.29, 1.82) is 0 Å². The minimum absolute atomic E-state index is 0.257. The highest BCUT2D eigenvalue weighted by Gasteiger charge is 2.14. The third-order valence-corrected chi connectivity index (χ3v) is 5.04. The van der Waals surface area contributed by atoms with E-state index in [0.29, 0.717) is 10.6 Å². The van der Waals surface area contributed by atoms with Crippen LogP contribution in [0.3, 0.4) is 0 Å². The lowest BCUT2D eigenvalue weighted by molar-refractivity contribution is 0.631. The van der Waals surface area contributed by atoms with Gasteiger partial charge in [-0.15, -0.1) is 11.3 Å². The van der Waals surface area contributed by atoms with E-state index in [1.807, 2.05) is 31.2 Å². The number of benzene rings is 2. The molecule has 1 heterocycles. The van der Waals surface area contributed by atoms with Crippen LogP contribution in [0.15, 0.2) is 51.4 Å². The summed E-state index contributed by atoms with van der Waals surface area (Å²) >= 11 is 8.35. The molecule has 0 N–H and O–H groups in total. The highest BCUT2D eigenvalue weighted by atomic mass is 79.9. The molecule has 0 fully saturated rings. The van der Waals surface area contributed by atoms with Gasteiger partial charge in [-0.05, 0) is 37.3 Å². The summed E-state index contributed by atoms with van der Waals surface area (Å²) in [7, 11) is 0. The molecule has 0 atom stereocenters. The van der Waals surface area contributed by atoms with Gasteiger partial charge in [-0.1, -0.05) is 44.0 Å². The monoisotopic (exact) mass is 425 g/mol. The molecular formula is C16H10Br2FNS. The quantitative estimate of drug-likeness (QED) is 0.458. The maximum absolute atomic E-state index is 14.0. The van der Waals surface area contributed by atoms with Crippen LogP contribution >= 0.6 is 43.2 Å². The summed E-state index contributed by atoms with van der Waals surface area (Å²) in [5.41, 5.74) is 2.45. The summed E-state index contributed by atoms with van der Waals surface area (Å²) in [6, 6.07) is 12.9. The minimum atomic E-state index is -0.257. The van der Waals surface area contributed by atoms with E-state index >= 15 is 0 Å². The Hall–Kier alpha value is -1.04. The molecule has 106 valence electrons. The van der Waals surface area contributed by atoms with Crippen molar-refractivity contribution in [1.82, 2.24) is 4.98 Å². The highest BCUT2D eigenvalue weighted by molar-refractivity contribution is 9.10. The zero-order valence-electron chi connectivity index (χ0n) is 11.0. The van der Waals surface area contributed by atoms with E-state index in [1.165, 1.54) is 17.4 Å². The predicted octanol–water partition coefficient (Wildman–Crippen LogP) is 6.45. The maximum atomic E-state index is 14.0. The van der Waals surface area contributed by atoms with Crippen LogP contribution in [0, 0.1) is 12.7 Å². The SMILES string of the molecule is Cc1sc(-c2cc(Br)ccc2F)nc1-c1cccc(Br)c1. The van der Waals surface area contributed by atoms with Crippen molar-refractivity contribution in [3.63, 3.8) is 0 Å². The number of aryl methyl sites for hydroxylation is 1. The third-order valence-electron chi connectivity index (χ3n) is 3.05. The summed E-state index contributed by atoms with van der Waals surface area (Å²) in [5.74, 6) is -0.257. The Kier molecular flexibility index (Phi) is 4.24. The molecule has 0 bridgehead atoms. The fourth-order valence-electron chi connectivity index (χ4n) is 2.08. The van der Waals surface area contributed by atoms with E-state index in [4.69, 9.17) is 0 Å². The molecule has 21 heavy (non-hydrogen) atoms. The molecule has 0 aliphatic rings. The zero-order valence-corrected chi connectivity index (χ0v) is 15.0. The van der Waals surface area contributed by atoms with Crippen molar-refractivity contribution in [3.05, 3.63) is 62.1 Å². The topological polar surface area (TPSA) is 12.9 Å². The number of nitrogens with zero attached hydrogens (tertiary/aromatic N) is 1. The van der Waals surface area contributed by atoms with Crippen molar-refractivity contribution in [2.75, 3.05) is 0 Å². The third kappa shape index (κ3) is 3.10. The first kappa shape index (κ1) is 14.9. The maximum Gasteiger partial charge on any atom is 0.133 e. The Bertz CT molecular complexity index is 814. The van der Waals surface area contributed by atoms with Gasteiger partial charge in [0.05, 0.1) is 5.69 Å². The van der Waals surface area contributed by atoms with Gasteiger partial charge < -0.3 is 0 Å². The first-order valence-corrected chi connectivity index (χ1v) is 8.63. The predicted molar refractivity (Wildman–Crippen MR) is 93.1 cm³/mol.